The Bertz CT molecular complexity index is 982. The fourth-order valence-electron chi connectivity index (χ4n) is 3.74. The molecule has 0 spiro atoms. The highest BCUT2D eigenvalue weighted by Crippen LogP contribution is 2.53. The fraction of sp³-hybridized carbons (Fsp3) is 0.500. The third kappa shape index (κ3) is 5.62. The van der Waals surface area contributed by atoms with E-state index < -0.39 is 23.7 Å². The van der Waals surface area contributed by atoms with E-state index in [0.29, 0.717) is 24.7 Å². The van der Waals surface area contributed by atoms with Gasteiger partial charge in [0.2, 0.25) is 0 Å². The lowest BCUT2D eigenvalue weighted by atomic mass is 10.0. The van der Waals surface area contributed by atoms with Crippen LogP contribution in [-0.4, -0.2) is 25.6 Å². The van der Waals surface area contributed by atoms with Crippen molar-refractivity contribution in [3.05, 3.63) is 59.7 Å². The Kier molecular flexibility index (Phi) is 7.24. The summed E-state index contributed by atoms with van der Waals surface area (Å²) in [5.74, 6) is 0.993. The molecule has 0 aromatic heterocycles. The second-order valence-corrected chi connectivity index (χ2v) is 8.61. The Morgan fingerprint density at radius 3 is 1.08 bits per heavy atom. The van der Waals surface area contributed by atoms with Crippen LogP contribution in [0.25, 0.3) is 0 Å². The summed E-state index contributed by atoms with van der Waals surface area (Å²) in [6.07, 6.45) is -3.54. The minimum absolute atomic E-state index is 0.0247. The molecule has 2 aromatic rings. The second-order valence-electron chi connectivity index (χ2n) is 8.61. The summed E-state index contributed by atoms with van der Waals surface area (Å²) in [5.41, 5.74) is -4.87. The minimum atomic E-state index is -4.54. The molecule has 0 fully saturated rings. The molecule has 0 amide bonds. The molecule has 0 saturated heterocycles. The van der Waals surface area contributed by atoms with Crippen LogP contribution in [0.2, 0.25) is 0 Å². The molecule has 2 aliphatic heterocycles. The standard InChI is InChI=1S/C24H24F6N4O2/c25-23(26,27)21(31-32-21)17-7-11-19(12-8-17)35-15-5-3-1-2-4-6-16-36-20-13-9-18(10-14-20)22(33-34-22)24(28,29)30/h7-14H,1-6,15-16H2. The van der Waals surface area contributed by atoms with Crippen LogP contribution in [0.15, 0.2) is 69.0 Å². The van der Waals surface area contributed by atoms with Crippen LogP contribution in [0.1, 0.15) is 49.7 Å². The van der Waals surface area contributed by atoms with E-state index in [-0.39, 0.29) is 11.1 Å². The first-order valence-electron chi connectivity index (χ1n) is 11.6. The maximum atomic E-state index is 13.0. The van der Waals surface area contributed by atoms with Gasteiger partial charge in [0.05, 0.1) is 13.2 Å². The quantitative estimate of drug-likeness (QED) is 0.202. The molecule has 0 N–H and O–H groups in total. The maximum Gasteiger partial charge on any atom is 0.442 e. The SMILES string of the molecule is FC(F)(F)C1(c2ccc(OCCCCCCCCOc3ccc(C4(C(F)(F)F)N=N4)cc3)cc2)N=N1. The third-order valence-corrected chi connectivity index (χ3v) is 5.98. The normalized spacial score (nSPS) is 17.2. The van der Waals surface area contributed by atoms with Gasteiger partial charge in [-0.05, 0) is 37.1 Å². The molecule has 2 heterocycles. The van der Waals surface area contributed by atoms with Crippen LogP contribution >= 0.6 is 0 Å². The zero-order valence-corrected chi connectivity index (χ0v) is 19.1. The summed E-state index contributed by atoms with van der Waals surface area (Å²) in [4.78, 5) is 0. The van der Waals surface area contributed by atoms with E-state index in [4.69, 9.17) is 9.47 Å². The monoisotopic (exact) mass is 514 g/mol. The number of hydrogen-bond acceptors (Lipinski definition) is 6. The summed E-state index contributed by atoms with van der Waals surface area (Å²) >= 11 is 0. The van der Waals surface area contributed by atoms with Crippen molar-refractivity contribution in [3.8, 4) is 11.5 Å². The molecule has 4 rings (SSSR count). The first kappa shape index (κ1) is 25.9. The number of ether oxygens (including phenoxy) is 2. The lowest BCUT2D eigenvalue weighted by molar-refractivity contribution is -0.166. The molecule has 0 aliphatic carbocycles. The lowest BCUT2D eigenvalue weighted by Gasteiger charge is -2.15. The van der Waals surface area contributed by atoms with Gasteiger partial charge in [0.25, 0.3) is 0 Å². The maximum absolute atomic E-state index is 13.0. The number of halogens is 6. The zero-order valence-electron chi connectivity index (χ0n) is 19.1. The van der Waals surface area contributed by atoms with E-state index in [0.717, 1.165) is 38.5 Å². The van der Waals surface area contributed by atoms with Gasteiger partial charge in [-0.2, -0.15) is 26.3 Å². The van der Waals surface area contributed by atoms with E-state index in [1.807, 2.05) is 0 Å². The first-order valence-corrected chi connectivity index (χ1v) is 11.6. The van der Waals surface area contributed by atoms with Crippen LogP contribution in [0.5, 0.6) is 11.5 Å². The number of hydrogen-bond donors (Lipinski definition) is 0. The smallest absolute Gasteiger partial charge is 0.442 e. The Labute approximate surface area is 203 Å². The van der Waals surface area contributed by atoms with Gasteiger partial charge in [-0.1, -0.05) is 49.9 Å². The minimum Gasteiger partial charge on any atom is -0.494 e. The van der Waals surface area contributed by atoms with Gasteiger partial charge in [-0.25, -0.2) is 0 Å². The summed E-state index contributed by atoms with van der Waals surface area (Å²) < 4.78 is 89.2. The predicted octanol–water partition coefficient (Wildman–Crippen LogP) is 7.85. The summed E-state index contributed by atoms with van der Waals surface area (Å²) in [5, 5.41) is 12.7. The van der Waals surface area contributed by atoms with Gasteiger partial charge in [-0.3, -0.25) is 0 Å². The molecule has 6 nitrogen and oxygen atoms in total. The van der Waals surface area contributed by atoms with Crippen molar-refractivity contribution in [3.63, 3.8) is 0 Å². The number of nitrogens with zero attached hydrogens (tertiary/aromatic N) is 4. The molecular formula is C24H24F6N4O2. The summed E-state index contributed by atoms with van der Waals surface area (Å²) in [7, 11) is 0. The van der Waals surface area contributed by atoms with Gasteiger partial charge < -0.3 is 9.47 Å². The van der Waals surface area contributed by atoms with Crippen LogP contribution < -0.4 is 9.47 Å². The van der Waals surface area contributed by atoms with Crippen molar-refractivity contribution in [1.82, 2.24) is 0 Å². The number of benzene rings is 2. The molecule has 12 heteroatoms. The molecule has 36 heavy (non-hydrogen) atoms. The Hall–Kier alpha value is -3.18. The molecule has 0 bridgehead atoms. The van der Waals surface area contributed by atoms with Crippen LogP contribution in [0, 0.1) is 0 Å². The first-order chi connectivity index (χ1) is 17.1. The second kappa shape index (κ2) is 10.1. The van der Waals surface area contributed by atoms with E-state index in [2.05, 4.69) is 20.5 Å². The van der Waals surface area contributed by atoms with Gasteiger partial charge in [0, 0.05) is 11.1 Å². The van der Waals surface area contributed by atoms with Gasteiger partial charge in [0.15, 0.2) is 0 Å². The zero-order chi connectivity index (χ0) is 25.9. The molecule has 2 aliphatic rings. The average Bonchev–Trinajstić information content (AvgIpc) is 3.74. The molecule has 194 valence electrons. The van der Waals surface area contributed by atoms with Crippen molar-refractivity contribution in [1.29, 1.82) is 0 Å². The molecule has 0 radical (unpaired) electrons. The van der Waals surface area contributed by atoms with Crippen molar-refractivity contribution < 1.29 is 35.8 Å². The van der Waals surface area contributed by atoms with E-state index >= 15 is 0 Å². The highest BCUT2D eigenvalue weighted by atomic mass is 19.4. The summed E-state index contributed by atoms with van der Waals surface area (Å²) in [6, 6.07) is 11.3. The van der Waals surface area contributed by atoms with Crippen LogP contribution in [-0.2, 0) is 11.3 Å². The van der Waals surface area contributed by atoms with Crippen molar-refractivity contribution in [2.45, 2.75) is 62.2 Å². The Balaban J connectivity index is 1.03. The lowest BCUT2D eigenvalue weighted by Crippen LogP contribution is -2.29. The van der Waals surface area contributed by atoms with Gasteiger partial charge >= 0.3 is 23.7 Å². The third-order valence-electron chi connectivity index (χ3n) is 5.98. The number of unbranched alkanes of at least 4 members (excludes halogenated alkanes) is 5. The predicted molar refractivity (Wildman–Crippen MR) is 117 cm³/mol. The molecule has 2 aromatic carbocycles. The topological polar surface area (TPSA) is 67.9 Å². The average molecular weight is 514 g/mol. The fourth-order valence-corrected chi connectivity index (χ4v) is 3.74. The Morgan fingerprint density at radius 1 is 0.500 bits per heavy atom. The molecule has 0 saturated carbocycles. The van der Waals surface area contributed by atoms with Crippen LogP contribution in [0.4, 0.5) is 26.3 Å². The van der Waals surface area contributed by atoms with Crippen molar-refractivity contribution in [2.75, 3.05) is 13.2 Å². The molecular weight excluding hydrogens is 490 g/mol. The number of alkyl halides is 6. The highest BCUT2D eigenvalue weighted by molar-refractivity contribution is 5.36. The van der Waals surface area contributed by atoms with E-state index in [1.54, 1.807) is 0 Å². The molecule has 0 atom stereocenters. The Morgan fingerprint density at radius 2 is 0.806 bits per heavy atom. The van der Waals surface area contributed by atoms with Gasteiger partial charge in [-0.15, -0.1) is 20.5 Å². The van der Waals surface area contributed by atoms with Crippen molar-refractivity contribution in [2.24, 2.45) is 20.5 Å². The van der Waals surface area contributed by atoms with Crippen molar-refractivity contribution >= 4 is 0 Å². The number of rotatable bonds is 13. The largest absolute Gasteiger partial charge is 0.494 e. The van der Waals surface area contributed by atoms with Gasteiger partial charge in [0.1, 0.15) is 11.5 Å². The van der Waals surface area contributed by atoms with Crippen LogP contribution in [0.3, 0.4) is 0 Å². The summed E-state index contributed by atoms with van der Waals surface area (Å²) in [6.45, 7) is 0.932. The van der Waals surface area contributed by atoms with E-state index in [9.17, 15) is 26.3 Å². The highest BCUT2D eigenvalue weighted by Gasteiger charge is 2.65. The van der Waals surface area contributed by atoms with E-state index in [1.165, 1.54) is 48.5 Å². The molecule has 0 unspecified atom stereocenters.